The zero-order chi connectivity index (χ0) is 31.4. The molecule has 0 atom stereocenters. The van der Waals surface area contributed by atoms with Crippen LogP contribution in [0.3, 0.4) is 0 Å². The van der Waals surface area contributed by atoms with Crippen molar-refractivity contribution in [3.63, 3.8) is 0 Å². The number of rotatable bonds is 7. The Kier molecular flexibility index (Phi) is 7.63. The fourth-order valence-electron chi connectivity index (χ4n) is 6.41. The van der Waals surface area contributed by atoms with Crippen molar-refractivity contribution >= 4 is 50.3 Å². The van der Waals surface area contributed by atoms with Crippen LogP contribution in [0.1, 0.15) is 16.7 Å². The predicted molar refractivity (Wildman–Crippen MR) is 201 cm³/mol. The average molecular weight is 600 g/mol. The summed E-state index contributed by atoms with van der Waals surface area (Å²) in [5.74, 6) is 0. The lowest BCUT2D eigenvalue weighted by Crippen LogP contribution is -2.09. The van der Waals surface area contributed by atoms with Crippen LogP contribution in [0, 0.1) is 0 Å². The molecule has 0 unspecified atom stereocenters. The summed E-state index contributed by atoms with van der Waals surface area (Å²) >= 11 is 0. The van der Waals surface area contributed by atoms with Gasteiger partial charge in [0.15, 0.2) is 0 Å². The van der Waals surface area contributed by atoms with Crippen LogP contribution in [-0.4, -0.2) is 0 Å². The Morgan fingerprint density at radius 1 is 0.340 bits per heavy atom. The molecular formula is C46H33N. The molecule has 0 radical (unpaired) electrons. The van der Waals surface area contributed by atoms with E-state index in [2.05, 4.69) is 205 Å². The van der Waals surface area contributed by atoms with E-state index in [1.54, 1.807) is 0 Å². The van der Waals surface area contributed by atoms with Crippen LogP contribution in [0.4, 0.5) is 17.1 Å². The predicted octanol–water partition coefficient (Wildman–Crippen LogP) is 12.7. The molecule has 0 heterocycles. The number of benzene rings is 8. The van der Waals surface area contributed by atoms with Gasteiger partial charge in [0.05, 0.1) is 0 Å². The maximum absolute atomic E-state index is 2.31. The van der Waals surface area contributed by atoms with Gasteiger partial charge in [-0.25, -0.2) is 0 Å². The highest BCUT2D eigenvalue weighted by Gasteiger charge is 2.13. The van der Waals surface area contributed by atoms with Crippen molar-refractivity contribution in [2.45, 2.75) is 0 Å². The van der Waals surface area contributed by atoms with Crippen LogP contribution < -0.4 is 4.90 Å². The summed E-state index contributed by atoms with van der Waals surface area (Å²) in [5.41, 5.74) is 10.7. The summed E-state index contributed by atoms with van der Waals surface area (Å²) in [4.78, 5) is 2.31. The molecule has 0 saturated heterocycles. The van der Waals surface area contributed by atoms with E-state index in [1.807, 2.05) is 0 Å². The van der Waals surface area contributed by atoms with E-state index in [-0.39, 0.29) is 0 Å². The first-order valence-electron chi connectivity index (χ1n) is 16.1. The van der Waals surface area contributed by atoms with Crippen LogP contribution >= 0.6 is 0 Å². The Balaban J connectivity index is 1.13. The summed E-state index contributed by atoms with van der Waals surface area (Å²) in [6.45, 7) is 0. The van der Waals surface area contributed by atoms with Gasteiger partial charge >= 0.3 is 0 Å². The fraction of sp³-hybridized carbons (Fsp3) is 0. The molecule has 0 aliphatic heterocycles. The van der Waals surface area contributed by atoms with Crippen molar-refractivity contribution in [2.75, 3.05) is 4.90 Å². The molecule has 0 fully saturated rings. The molecule has 0 aliphatic rings. The summed E-state index contributed by atoms with van der Waals surface area (Å²) in [6.07, 6.45) is 2.28. The van der Waals surface area contributed by atoms with Crippen LogP contribution in [0.5, 0.6) is 0 Å². The molecule has 0 bridgehead atoms. The van der Waals surface area contributed by atoms with Gasteiger partial charge in [-0.2, -0.15) is 0 Å². The van der Waals surface area contributed by atoms with Gasteiger partial charge in [-0.1, -0.05) is 140 Å². The van der Waals surface area contributed by atoms with Crippen molar-refractivity contribution in [1.82, 2.24) is 0 Å². The topological polar surface area (TPSA) is 3.24 Å². The Labute approximate surface area is 276 Å². The lowest BCUT2D eigenvalue weighted by molar-refractivity contribution is 1.29. The lowest BCUT2D eigenvalue weighted by Gasteiger charge is -2.25. The summed E-state index contributed by atoms with van der Waals surface area (Å²) in [6, 6.07) is 69.5. The Bertz CT molecular complexity index is 2280. The maximum Gasteiger partial charge on any atom is 0.0468 e. The van der Waals surface area contributed by atoms with E-state index in [4.69, 9.17) is 0 Å². The van der Waals surface area contributed by atoms with Gasteiger partial charge in [-0.05, 0) is 116 Å². The van der Waals surface area contributed by atoms with E-state index in [9.17, 15) is 0 Å². The number of nitrogens with zero attached hydrogens (tertiary/aromatic N) is 1. The Morgan fingerprint density at radius 2 is 0.809 bits per heavy atom. The van der Waals surface area contributed by atoms with E-state index in [0.29, 0.717) is 0 Å². The van der Waals surface area contributed by atoms with Gasteiger partial charge in [0.2, 0.25) is 0 Å². The number of anilines is 3. The van der Waals surface area contributed by atoms with Crippen molar-refractivity contribution < 1.29 is 0 Å². The second-order valence-corrected chi connectivity index (χ2v) is 11.9. The lowest BCUT2D eigenvalue weighted by atomic mass is 9.92. The second kappa shape index (κ2) is 12.7. The number of hydrogen-bond acceptors (Lipinski definition) is 1. The first kappa shape index (κ1) is 28.3. The van der Waals surface area contributed by atoms with E-state index < -0.39 is 0 Å². The SMILES string of the molecule is C(=C(c1ccccc1)c1ccc2cc(-c3ccc4cc(N(c5ccccc5)c5ccccc5)ccc4c3)ccc2c1)c1ccccc1. The molecule has 0 N–H and O–H groups in total. The molecule has 1 nitrogen and oxygen atoms in total. The monoisotopic (exact) mass is 599 g/mol. The van der Waals surface area contributed by atoms with Crippen LogP contribution in [-0.2, 0) is 0 Å². The third kappa shape index (κ3) is 5.95. The Morgan fingerprint density at radius 3 is 1.40 bits per heavy atom. The fourth-order valence-corrected chi connectivity index (χ4v) is 6.41. The minimum absolute atomic E-state index is 1.14. The standard InChI is InChI=1S/C46H33N/c1-5-13-34(14-6-1)29-46(35-15-7-2-8-16-35)42-26-25-38-30-36(21-22-39(38)32-42)37-23-24-41-33-45(28-27-40(41)31-37)47(43-17-9-3-10-18-43)44-19-11-4-12-20-44/h1-33H. The number of fused-ring (bicyclic) bond motifs is 2. The summed E-state index contributed by atoms with van der Waals surface area (Å²) < 4.78 is 0. The highest BCUT2D eigenvalue weighted by atomic mass is 15.1. The maximum atomic E-state index is 2.31. The summed E-state index contributed by atoms with van der Waals surface area (Å²) in [7, 11) is 0. The molecular weight excluding hydrogens is 567 g/mol. The Hall–Kier alpha value is -6.18. The number of para-hydroxylation sites is 2. The van der Waals surface area contributed by atoms with Crippen LogP contribution in [0.15, 0.2) is 194 Å². The zero-order valence-corrected chi connectivity index (χ0v) is 26.0. The highest BCUT2D eigenvalue weighted by Crippen LogP contribution is 2.37. The largest absolute Gasteiger partial charge is 0.310 e. The molecule has 8 aromatic carbocycles. The van der Waals surface area contributed by atoms with Gasteiger partial charge in [-0.15, -0.1) is 0 Å². The third-order valence-electron chi connectivity index (χ3n) is 8.79. The smallest absolute Gasteiger partial charge is 0.0468 e. The molecule has 0 saturated carbocycles. The molecule has 0 aliphatic carbocycles. The van der Waals surface area contributed by atoms with E-state index in [0.717, 1.165) is 17.1 Å². The second-order valence-electron chi connectivity index (χ2n) is 11.9. The first-order chi connectivity index (χ1) is 23.3. The van der Waals surface area contributed by atoms with Gasteiger partial charge in [0.1, 0.15) is 0 Å². The molecule has 8 aromatic rings. The molecule has 1 heteroatoms. The van der Waals surface area contributed by atoms with E-state index >= 15 is 0 Å². The van der Waals surface area contributed by atoms with Gasteiger partial charge in [0, 0.05) is 17.1 Å². The van der Waals surface area contributed by atoms with Crippen molar-refractivity contribution in [2.24, 2.45) is 0 Å². The minimum Gasteiger partial charge on any atom is -0.310 e. The summed E-state index contributed by atoms with van der Waals surface area (Å²) in [5, 5.41) is 4.90. The molecule has 0 amide bonds. The highest BCUT2D eigenvalue weighted by molar-refractivity contribution is 5.97. The van der Waals surface area contributed by atoms with Crippen molar-refractivity contribution in [1.29, 1.82) is 0 Å². The molecule has 8 rings (SSSR count). The molecule has 222 valence electrons. The van der Waals surface area contributed by atoms with E-state index in [1.165, 1.54) is 54.9 Å². The van der Waals surface area contributed by atoms with Gasteiger partial charge in [0.25, 0.3) is 0 Å². The zero-order valence-electron chi connectivity index (χ0n) is 26.0. The normalized spacial score (nSPS) is 11.5. The molecule has 47 heavy (non-hydrogen) atoms. The molecule has 0 aromatic heterocycles. The first-order valence-corrected chi connectivity index (χ1v) is 16.1. The average Bonchev–Trinajstić information content (AvgIpc) is 3.15. The van der Waals surface area contributed by atoms with Crippen LogP contribution in [0.25, 0.3) is 44.3 Å². The molecule has 0 spiro atoms. The minimum atomic E-state index is 1.14. The third-order valence-corrected chi connectivity index (χ3v) is 8.79. The quantitative estimate of drug-likeness (QED) is 0.165. The number of hydrogen-bond donors (Lipinski definition) is 0. The van der Waals surface area contributed by atoms with Gasteiger partial charge < -0.3 is 4.90 Å². The van der Waals surface area contributed by atoms with Crippen molar-refractivity contribution in [3.8, 4) is 11.1 Å². The van der Waals surface area contributed by atoms with Crippen molar-refractivity contribution in [3.05, 3.63) is 211 Å². The van der Waals surface area contributed by atoms with Crippen LogP contribution in [0.2, 0.25) is 0 Å². The van der Waals surface area contributed by atoms with Gasteiger partial charge in [-0.3, -0.25) is 0 Å².